The summed E-state index contributed by atoms with van der Waals surface area (Å²) in [6, 6.07) is 4.54. The van der Waals surface area contributed by atoms with E-state index in [1.807, 2.05) is 13.0 Å². The second-order valence-corrected chi connectivity index (χ2v) is 4.18. The minimum absolute atomic E-state index is 0.0618. The fraction of sp³-hybridized carbons (Fsp3) is 0.462. The normalized spacial score (nSPS) is 12.4. The van der Waals surface area contributed by atoms with Gasteiger partial charge < -0.3 is 14.9 Å². The summed E-state index contributed by atoms with van der Waals surface area (Å²) in [5, 5.41) is 18.7. The van der Waals surface area contributed by atoms with Gasteiger partial charge in [0.1, 0.15) is 6.04 Å². The van der Waals surface area contributed by atoms with Gasteiger partial charge in [-0.3, -0.25) is 9.69 Å². The van der Waals surface area contributed by atoms with Crippen LogP contribution in [0.4, 0.5) is 0 Å². The summed E-state index contributed by atoms with van der Waals surface area (Å²) in [6.07, 6.45) is 0.536. The third kappa shape index (κ3) is 3.37. The third-order valence-corrected chi connectivity index (χ3v) is 2.88. The molecule has 100 valence electrons. The van der Waals surface area contributed by atoms with Gasteiger partial charge in [-0.25, -0.2) is 0 Å². The monoisotopic (exact) mass is 253 g/mol. The Morgan fingerprint density at radius 1 is 1.50 bits per heavy atom. The van der Waals surface area contributed by atoms with E-state index in [9.17, 15) is 9.90 Å². The summed E-state index contributed by atoms with van der Waals surface area (Å²) < 4.78 is 4.95. The first-order valence-corrected chi connectivity index (χ1v) is 5.78. The van der Waals surface area contributed by atoms with Gasteiger partial charge in [0.25, 0.3) is 0 Å². The maximum absolute atomic E-state index is 11.0. The standard InChI is InChI=1S/C13H19NO4/c1-4-10(13(16)17)14(2)8-9-5-6-12(18-3)11(15)7-9/h5-7,10,15H,4,8H2,1-3H3,(H,16,17). The van der Waals surface area contributed by atoms with Crippen LogP contribution in [-0.4, -0.2) is 41.3 Å². The van der Waals surface area contributed by atoms with Crippen molar-refractivity contribution in [3.63, 3.8) is 0 Å². The van der Waals surface area contributed by atoms with Crippen LogP contribution in [0.2, 0.25) is 0 Å². The minimum Gasteiger partial charge on any atom is -0.504 e. The van der Waals surface area contributed by atoms with Crippen LogP contribution in [-0.2, 0) is 11.3 Å². The number of aromatic hydroxyl groups is 1. The van der Waals surface area contributed by atoms with Crippen LogP contribution in [0.15, 0.2) is 18.2 Å². The summed E-state index contributed by atoms with van der Waals surface area (Å²) in [7, 11) is 3.24. The van der Waals surface area contributed by atoms with Crippen molar-refractivity contribution in [3.05, 3.63) is 23.8 Å². The van der Waals surface area contributed by atoms with E-state index in [4.69, 9.17) is 9.84 Å². The summed E-state index contributed by atoms with van der Waals surface area (Å²) in [5.74, 6) is -0.365. The second-order valence-electron chi connectivity index (χ2n) is 4.18. The van der Waals surface area contributed by atoms with Crippen LogP contribution in [0.25, 0.3) is 0 Å². The lowest BCUT2D eigenvalue weighted by molar-refractivity contribution is -0.143. The molecule has 0 aromatic heterocycles. The molecule has 1 aromatic carbocycles. The quantitative estimate of drug-likeness (QED) is 0.807. The van der Waals surface area contributed by atoms with E-state index in [0.717, 1.165) is 5.56 Å². The largest absolute Gasteiger partial charge is 0.504 e. The number of benzene rings is 1. The molecule has 0 saturated carbocycles. The molecule has 0 bridgehead atoms. The van der Waals surface area contributed by atoms with Crippen LogP contribution in [0.5, 0.6) is 11.5 Å². The van der Waals surface area contributed by atoms with E-state index in [-0.39, 0.29) is 5.75 Å². The zero-order chi connectivity index (χ0) is 13.7. The van der Waals surface area contributed by atoms with Gasteiger partial charge in [-0.2, -0.15) is 0 Å². The zero-order valence-electron chi connectivity index (χ0n) is 10.9. The molecule has 0 aliphatic rings. The number of carboxylic acids is 1. The van der Waals surface area contributed by atoms with Gasteiger partial charge in [0.05, 0.1) is 7.11 Å². The number of rotatable bonds is 6. The van der Waals surface area contributed by atoms with Crippen molar-refractivity contribution in [2.24, 2.45) is 0 Å². The van der Waals surface area contributed by atoms with Crippen molar-refractivity contribution in [1.82, 2.24) is 4.90 Å². The number of likely N-dealkylation sites (N-methyl/N-ethyl adjacent to an activating group) is 1. The van der Waals surface area contributed by atoms with Crippen LogP contribution in [0.1, 0.15) is 18.9 Å². The minimum atomic E-state index is -0.835. The smallest absolute Gasteiger partial charge is 0.320 e. The Kier molecular flexibility index (Phi) is 4.97. The number of aliphatic carboxylic acids is 1. The van der Waals surface area contributed by atoms with Crippen LogP contribution < -0.4 is 4.74 Å². The van der Waals surface area contributed by atoms with Crippen molar-refractivity contribution < 1.29 is 19.7 Å². The van der Waals surface area contributed by atoms with E-state index < -0.39 is 12.0 Å². The number of nitrogens with zero attached hydrogens (tertiary/aromatic N) is 1. The van der Waals surface area contributed by atoms with E-state index in [1.54, 1.807) is 24.1 Å². The Balaban J connectivity index is 2.78. The molecular weight excluding hydrogens is 234 g/mol. The number of phenolic OH excluding ortho intramolecular Hbond substituents is 1. The molecule has 1 aromatic rings. The molecule has 0 heterocycles. The van der Waals surface area contributed by atoms with Gasteiger partial charge in [0, 0.05) is 6.54 Å². The van der Waals surface area contributed by atoms with Crippen molar-refractivity contribution in [1.29, 1.82) is 0 Å². The lowest BCUT2D eigenvalue weighted by atomic mass is 10.1. The molecular formula is C13H19NO4. The van der Waals surface area contributed by atoms with Crippen molar-refractivity contribution >= 4 is 5.97 Å². The van der Waals surface area contributed by atoms with Gasteiger partial charge in [-0.05, 0) is 31.2 Å². The molecule has 18 heavy (non-hydrogen) atoms. The number of phenols is 1. The molecule has 0 saturated heterocycles. The molecule has 0 fully saturated rings. The maximum Gasteiger partial charge on any atom is 0.320 e. The SMILES string of the molecule is CCC(C(=O)O)N(C)Cc1ccc(OC)c(O)c1. The summed E-state index contributed by atoms with van der Waals surface area (Å²) in [4.78, 5) is 12.8. The summed E-state index contributed by atoms with van der Waals surface area (Å²) in [6.45, 7) is 2.29. The van der Waals surface area contributed by atoms with Crippen LogP contribution in [0, 0.1) is 0 Å². The lowest BCUT2D eigenvalue weighted by Gasteiger charge is -2.23. The molecule has 0 aliphatic carbocycles. The first kappa shape index (κ1) is 14.3. The van der Waals surface area contributed by atoms with Crippen molar-refractivity contribution in [2.45, 2.75) is 25.9 Å². The molecule has 0 amide bonds. The average molecular weight is 253 g/mol. The Labute approximate surface area is 107 Å². The highest BCUT2D eigenvalue weighted by molar-refractivity contribution is 5.73. The molecule has 0 spiro atoms. The molecule has 1 atom stereocenters. The van der Waals surface area contributed by atoms with Gasteiger partial charge in [0.15, 0.2) is 11.5 Å². The summed E-state index contributed by atoms with van der Waals surface area (Å²) >= 11 is 0. The van der Waals surface area contributed by atoms with Gasteiger partial charge in [0.2, 0.25) is 0 Å². The van der Waals surface area contributed by atoms with E-state index in [0.29, 0.717) is 18.7 Å². The van der Waals surface area contributed by atoms with Crippen LogP contribution in [0.3, 0.4) is 0 Å². The Morgan fingerprint density at radius 2 is 2.17 bits per heavy atom. The molecule has 5 nitrogen and oxygen atoms in total. The first-order valence-electron chi connectivity index (χ1n) is 5.78. The number of ether oxygens (including phenoxy) is 1. The molecule has 2 N–H and O–H groups in total. The highest BCUT2D eigenvalue weighted by Crippen LogP contribution is 2.26. The van der Waals surface area contributed by atoms with E-state index in [1.165, 1.54) is 7.11 Å². The Hall–Kier alpha value is -1.75. The fourth-order valence-electron chi connectivity index (χ4n) is 1.91. The molecule has 1 unspecified atom stereocenters. The van der Waals surface area contributed by atoms with E-state index >= 15 is 0 Å². The second kappa shape index (κ2) is 6.26. The van der Waals surface area contributed by atoms with E-state index in [2.05, 4.69) is 0 Å². The molecule has 5 heteroatoms. The maximum atomic E-state index is 11.0. The Bertz CT molecular complexity index is 419. The van der Waals surface area contributed by atoms with Crippen molar-refractivity contribution in [2.75, 3.05) is 14.2 Å². The van der Waals surface area contributed by atoms with Gasteiger partial charge in [-0.1, -0.05) is 13.0 Å². The molecule has 0 radical (unpaired) electrons. The fourth-order valence-corrected chi connectivity index (χ4v) is 1.91. The topological polar surface area (TPSA) is 70.0 Å². The highest BCUT2D eigenvalue weighted by atomic mass is 16.5. The number of carbonyl (C=O) groups is 1. The zero-order valence-corrected chi connectivity index (χ0v) is 10.9. The number of hydrogen-bond donors (Lipinski definition) is 2. The number of carboxylic acid groups (broad SMARTS) is 1. The van der Waals surface area contributed by atoms with Gasteiger partial charge in [-0.15, -0.1) is 0 Å². The predicted octanol–water partition coefficient (Wildman–Crippen LogP) is 1.70. The third-order valence-electron chi connectivity index (χ3n) is 2.88. The lowest BCUT2D eigenvalue weighted by Crippen LogP contribution is -2.37. The highest BCUT2D eigenvalue weighted by Gasteiger charge is 2.20. The molecule has 1 rings (SSSR count). The Morgan fingerprint density at radius 3 is 2.61 bits per heavy atom. The predicted molar refractivity (Wildman–Crippen MR) is 67.8 cm³/mol. The summed E-state index contributed by atoms with van der Waals surface area (Å²) in [5.41, 5.74) is 0.843. The van der Waals surface area contributed by atoms with Crippen LogP contribution >= 0.6 is 0 Å². The van der Waals surface area contributed by atoms with Gasteiger partial charge >= 0.3 is 5.97 Å². The first-order chi connectivity index (χ1) is 8.49. The average Bonchev–Trinajstić information content (AvgIpc) is 2.29. The van der Waals surface area contributed by atoms with Crippen molar-refractivity contribution in [3.8, 4) is 11.5 Å². The molecule has 0 aliphatic heterocycles. The number of hydrogen-bond acceptors (Lipinski definition) is 4. The number of methoxy groups -OCH3 is 1.